The lowest BCUT2D eigenvalue weighted by molar-refractivity contribution is -0.155. The van der Waals surface area contributed by atoms with Crippen LogP contribution in [0.15, 0.2) is 162 Å². The number of carbonyl (C=O) groups is 2. The summed E-state index contributed by atoms with van der Waals surface area (Å²) in [5.41, 5.74) is 2.44. The predicted molar refractivity (Wildman–Crippen MR) is 341 cm³/mol. The summed E-state index contributed by atoms with van der Waals surface area (Å²) in [6.07, 6.45) is 2.53. The number of halogens is 6. The SMILES string of the molecule is CC(C)(C)OC(=O)CCCCc1nc2cc(-c3cc(CS(=O)(=O)c4nc5ccc(OC(F)F)cc5[nH]4)on3)ccc2c(=O)n1-c1ccc(F)cc1.O=C(O)CCCCc1nc2cc(-c3cc(CS(=O)(=O)c4nc5ccc(OC(F)F)cc5[nH]4)on3)ccc2c(=O)n1-c1ccc(F)cc1. The van der Waals surface area contributed by atoms with Gasteiger partial charge in [0.2, 0.25) is 30.0 Å². The van der Waals surface area contributed by atoms with E-state index in [0.717, 1.165) is 0 Å². The van der Waals surface area contributed by atoms with E-state index in [-0.39, 0.29) is 98.0 Å². The van der Waals surface area contributed by atoms with Crippen LogP contribution in [0.25, 0.3) is 77.8 Å². The summed E-state index contributed by atoms with van der Waals surface area (Å²) in [6, 6.07) is 30.9. The van der Waals surface area contributed by atoms with Gasteiger partial charge in [0.1, 0.15) is 63.3 Å². The number of aromatic nitrogens is 10. The van der Waals surface area contributed by atoms with Crippen LogP contribution in [0.1, 0.15) is 82.5 Å². The maximum atomic E-state index is 13.8. The van der Waals surface area contributed by atoms with E-state index in [9.17, 15) is 62.4 Å². The minimum Gasteiger partial charge on any atom is -0.481 e. The van der Waals surface area contributed by atoms with Crippen LogP contribution in [-0.2, 0) is 58.3 Å². The Labute approximate surface area is 550 Å². The summed E-state index contributed by atoms with van der Waals surface area (Å²) in [4.78, 5) is 73.5. The number of benzene rings is 6. The molecule has 12 aromatic rings. The normalized spacial score (nSPS) is 12.1. The number of rotatable bonds is 24. The number of carboxylic acid groups (broad SMARTS) is 1. The Morgan fingerprint density at radius 3 is 1.36 bits per heavy atom. The number of aromatic amines is 2. The Bertz CT molecular complexity index is 5340. The first kappa shape index (κ1) is 68.4. The van der Waals surface area contributed by atoms with Gasteiger partial charge < -0.3 is 38.3 Å². The molecule has 98 heavy (non-hydrogen) atoms. The quantitative estimate of drug-likeness (QED) is 0.0287. The lowest BCUT2D eigenvalue weighted by atomic mass is 10.1. The third kappa shape index (κ3) is 16.3. The lowest BCUT2D eigenvalue weighted by Crippen LogP contribution is -2.24. The Hall–Kier alpha value is -11.0. The van der Waals surface area contributed by atoms with Crippen molar-refractivity contribution >= 4 is 75.5 Å². The van der Waals surface area contributed by atoms with Crippen molar-refractivity contribution in [1.29, 1.82) is 0 Å². The summed E-state index contributed by atoms with van der Waals surface area (Å²) < 4.78 is 158. The van der Waals surface area contributed by atoms with Crippen molar-refractivity contribution in [2.45, 2.75) is 113 Å². The predicted octanol–water partition coefficient (Wildman–Crippen LogP) is 12.1. The molecule has 24 nitrogen and oxygen atoms in total. The monoisotopic (exact) mass is 1390 g/mol. The first-order valence-electron chi connectivity index (χ1n) is 30.0. The third-order valence-corrected chi connectivity index (χ3v) is 17.7. The van der Waals surface area contributed by atoms with Crippen LogP contribution < -0.4 is 20.6 Å². The minimum atomic E-state index is -4.08. The molecule has 0 radical (unpaired) electrons. The first-order chi connectivity index (χ1) is 46.6. The highest BCUT2D eigenvalue weighted by Crippen LogP contribution is 2.31. The molecule has 6 heterocycles. The van der Waals surface area contributed by atoms with Gasteiger partial charge in [0, 0.05) is 61.1 Å². The molecule has 0 atom stereocenters. The van der Waals surface area contributed by atoms with Gasteiger partial charge in [0.05, 0.1) is 55.2 Å². The molecular weight excluding hydrogens is 1330 g/mol. The molecule has 3 N–H and O–H groups in total. The zero-order chi connectivity index (χ0) is 69.8. The molecule has 0 unspecified atom stereocenters. The fourth-order valence-corrected chi connectivity index (χ4v) is 12.8. The first-order valence-corrected chi connectivity index (χ1v) is 33.3. The summed E-state index contributed by atoms with van der Waals surface area (Å²) in [5.74, 6) is -3.02. The highest BCUT2D eigenvalue weighted by molar-refractivity contribution is 7.90. The number of fused-ring (bicyclic) bond motifs is 4. The van der Waals surface area contributed by atoms with Crippen LogP contribution in [0.4, 0.5) is 26.3 Å². The van der Waals surface area contributed by atoms with Crippen LogP contribution in [-0.4, -0.2) is 102 Å². The summed E-state index contributed by atoms with van der Waals surface area (Å²) >= 11 is 0. The molecule has 0 aliphatic carbocycles. The molecule has 0 aliphatic rings. The van der Waals surface area contributed by atoms with Gasteiger partial charge in [-0.15, -0.1) is 0 Å². The molecular formula is C66H56F6N10O14S2. The van der Waals surface area contributed by atoms with E-state index < -0.39 is 83.5 Å². The maximum Gasteiger partial charge on any atom is 0.387 e. The third-order valence-electron chi connectivity index (χ3n) is 14.8. The fraction of sp³-hybridized carbons (Fsp3) is 0.242. The molecule has 0 amide bonds. The van der Waals surface area contributed by atoms with E-state index in [1.807, 2.05) is 0 Å². The van der Waals surface area contributed by atoms with Gasteiger partial charge in [-0.05, 0) is 144 Å². The Kier molecular flexibility index (Phi) is 19.8. The molecule has 6 aromatic heterocycles. The van der Waals surface area contributed by atoms with E-state index in [1.165, 1.54) is 106 Å². The van der Waals surface area contributed by atoms with Gasteiger partial charge in [0.15, 0.2) is 11.5 Å². The Morgan fingerprint density at radius 2 is 0.959 bits per heavy atom. The molecule has 508 valence electrons. The van der Waals surface area contributed by atoms with E-state index in [1.54, 1.807) is 57.2 Å². The second-order valence-corrected chi connectivity index (χ2v) is 27.0. The molecule has 0 spiro atoms. The number of ether oxygens (including phenoxy) is 3. The number of esters is 1. The number of aryl methyl sites for hydroxylation is 2. The molecule has 0 fully saturated rings. The van der Waals surface area contributed by atoms with Gasteiger partial charge in [0.25, 0.3) is 11.1 Å². The molecule has 0 bridgehead atoms. The average Bonchev–Trinajstić information content (AvgIpc) is 1.14. The zero-order valence-electron chi connectivity index (χ0n) is 51.8. The van der Waals surface area contributed by atoms with Crippen LogP contribution in [0, 0.1) is 11.6 Å². The molecule has 0 saturated carbocycles. The van der Waals surface area contributed by atoms with Crippen molar-refractivity contribution in [2.75, 3.05) is 0 Å². The number of alkyl halides is 4. The Morgan fingerprint density at radius 1 is 0.541 bits per heavy atom. The number of unbranched alkanes of at least 4 members (excludes halogenated alkanes) is 2. The highest BCUT2D eigenvalue weighted by Gasteiger charge is 2.27. The van der Waals surface area contributed by atoms with Crippen molar-refractivity contribution < 1.29 is 81.1 Å². The number of nitrogens with zero attached hydrogens (tertiary/aromatic N) is 8. The van der Waals surface area contributed by atoms with Crippen molar-refractivity contribution in [2.24, 2.45) is 0 Å². The second-order valence-electron chi connectivity index (χ2n) is 23.2. The summed E-state index contributed by atoms with van der Waals surface area (Å²) in [5, 5.41) is 16.7. The summed E-state index contributed by atoms with van der Waals surface area (Å²) in [7, 11) is -8.17. The van der Waals surface area contributed by atoms with Gasteiger partial charge in [-0.25, -0.2) is 45.6 Å². The standard InChI is InChI=1S/C35H32F3N5O7S.C31H24F3N5O7S/c1-35(2,3)49-31(44)7-5-4-6-30-39-28-16-20(8-14-25(28)32(45)43(30)22-11-9-21(36)10-12-22)27-18-24(50-42-27)19-51(46,47)34-40-26-15-13-23(48-33(37)38)17-29(26)41-34;32-18-6-8-19(9-7-18)39-27(3-1-2-4-28(40)41)35-25-13-17(5-11-22(25)29(39)42)24-15-21(46-38-24)16-47(43,44)31-36-23-12-10-20(45-30(33)34)14-26(23)37-31/h8-18,33H,4-7,19H2,1-3H3,(H,40,41);5-15,30H,1-4,16H2,(H,36,37)(H,40,41). The van der Waals surface area contributed by atoms with E-state index >= 15 is 0 Å². The molecule has 12 rings (SSSR count). The minimum absolute atomic E-state index is 0.00219. The van der Waals surface area contributed by atoms with E-state index in [2.05, 4.69) is 39.7 Å². The number of sulfone groups is 2. The van der Waals surface area contributed by atoms with Crippen LogP contribution in [0.3, 0.4) is 0 Å². The number of H-pyrrole nitrogens is 2. The number of imidazole rings is 2. The van der Waals surface area contributed by atoms with Gasteiger partial charge in [-0.1, -0.05) is 22.4 Å². The van der Waals surface area contributed by atoms with Gasteiger partial charge in [-0.3, -0.25) is 28.3 Å². The highest BCUT2D eigenvalue weighted by atomic mass is 32.2. The van der Waals surface area contributed by atoms with Crippen molar-refractivity contribution in [3.8, 4) is 45.4 Å². The fourth-order valence-electron chi connectivity index (χ4n) is 10.5. The molecule has 32 heteroatoms. The number of hydrogen-bond acceptors (Lipinski definition) is 19. The number of aliphatic carboxylic acids is 1. The number of hydrogen-bond donors (Lipinski definition) is 3. The molecule has 6 aromatic carbocycles. The second kappa shape index (κ2) is 28.4. The van der Waals surface area contributed by atoms with Crippen LogP contribution in [0.5, 0.6) is 11.5 Å². The zero-order valence-corrected chi connectivity index (χ0v) is 53.5. The van der Waals surface area contributed by atoms with Crippen molar-refractivity contribution in [3.63, 3.8) is 0 Å². The summed E-state index contributed by atoms with van der Waals surface area (Å²) in [6.45, 7) is -0.719. The van der Waals surface area contributed by atoms with Gasteiger partial charge in [-0.2, -0.15) is 17.6 Å². The van der Waals surface area contributed by atoms with Crippen molar-refractivity contribution in [3.05, 3.63) is 189 Å². The van der Waals surface area contributed by atoms with Gasteiger partial charge >= 0.3 is 25.2 Å². The van der Waals surface area contributed by atoms with Crippen LogP contribution in [0.2, 0.25) is 0 Å². The van der Waals surface area contributed by atoms with E-state index in [4.69, 9.17) is 28.9 Å². The number of carboxylic acids is 1. The average molecular weight is 1390 g/mol. The van der Waals surface area contributed by atoms with E-state index in [0.29, 0.717) is 77.3 Å². The topological polar surface area (TPSA) is 330 Å². The lowest BCUT2D eigenvalue weighted by Gasteiger charge is -2.19. The Balaban J connectivity index is 0.000000199. The van der Waals surface area contributed by atoms with Crippen LogP contribution >= 0.6 is 0 Å². The number of nitrogens with one attached hydrogen (secondary N) is 2. The smallest absolute Gasteiger partial charge is 0.387 e. The largest absolute Gasteiger partial charge is 0.481 e. The molecule has 0 saturated heterocycles. The van der Waals surface area contributed by atoms with Crippen molar-refractivity contribution in [1.82, 2.24) is 49.4 Å². The number of carbonyl (C=O) groups excluding carboxylic acids is 1. The maximum absolute atomic E-state index is 13.8. The molecule has 0 aliphatic heterocycles.